The zero-order valence-electron chi connectivity index (χ0n) is 13.9. The molecule has 0 unspecified atom stereocenters. The molecule has 25 heavy (non-hydrogen) atoms. The van der Waals surface area contributed by atoms with E-state index >= 15 is 0 Å². The maximum Gasteiger partial charge on any atom is 0.506 e. The Morgan fingerprint density at radius 2 is 2.12 bits per heavy atom. The van der Waals surface area contributed by atoms with E-state index in [1.54, 1.807) is 0 Å². The topological polar surface area (TPSA) is 64.3 Å². The molecule has 0 saturated carbocycles. The number of benzene rings is 1. The van der Waals surface area contributed by atoms with E-state index in [2.05, 4.69) is 31.2 Å². The minimum atomic E-state index is -1.30. The van der Waals surface area contributed by atoms with E-state index in [1.165, 1.54) is 5.56 Å². The molecule has 1 aliphatic rings. The minimum Gasteiger partial charge on any atom is -0.450 e. The Kier molecular flexibility index (Phi) is 3.58. The van der Waals surface area contributed by atoms with Gasteiger partial charge in [-0.3, -0.25) is 0 Å². The van der Waals surface area contributed by atoms with Crippen LogP contribution in [0.25, 0.3) is 22.3 Å². The van der Waals surface area contributed by atoms with E-state index in [-0.39, 0.29) is 6.61 Å². The summed E-state index contributed by atoms with van der Waals surface area (Å²) in [6.45, 7) is 4.57. The van der Waals surface area contributed by atoms with Gasteiger partial charge < -0.3 is 14.4 Å². The zero-order valence-corrected chi connectivity index (χ0v) is 14.7. The summed E-state index contributed by atoms with van der Waals surface area (Å²) in [5, 5.41) is 9.86. The lowest BCUT2D eigenvalue weighted by atomic mass is 10.1. The Morgan fingerprint density at radius 1 is 1.32 bits per heavy atom. The Hall–Kier alpha value is -2.73. The second-order valence-corrected chi connectivity index (χ2v) is 6.72. The summed E-state index contributed by atoms with van der Waals surface area (Å²) in [6, 6.07) is 10.4. The van der Waals surface area contributed by atoms with Gasteiger partial charge in [0.15, 0.2) is 0 Å². The molecule has 3 aromatic rings. The van der Waals surface area contributed by atoms with Crippen LogP contribution in [0.1, 0.15) is 22.3 Å². The van der Waals surface area contributed by atoms with E-state index in [9.17, 15) is 4.79 Å². The van der Waals surface area contributed by atoms with Gasteiger partial charge >= 0.3 is 6.16 Å². The second-order valence-electron chi connectivity index (χ2n) is 6.33. The number of ether oxygens (including phenoxy) is 1. The van der Waals surface area contributed by atoms with Crippen molar-refractivity contribution in [2.45, 2.75) is 27.0 Å². The fraction of sp³-hybridized carbons (Fsp3) is 0.211. The third-order valence-electron chi connectivity index (χ3n) is 4.59. The number of hydrogen-bond acceptors (Lipinski definition) is 4. The second kappa shape index (κ2) is 5.67. The van der Waals surface area contributed by atoms with Gasteiger partial charge in [-0.2, -0.15) is 0 Å². The molecule has 1 aromatic carbocycles. The third-order valence-corrected chi connectivity index (χ3v) is 5.05. The van der Waals surface area contributed by atoms with Crippen LogP contribution in [0.2, 0.25) is 0 Å². The van der Waals surface area contributed by atoms with E-state index in [1.807, 2.05) is 17.6 Å². The number of rotatable bonds is 2. The highest BCUT2D eigenvalue weighted by Gasteiger charge is 2.23. The van der Waals surface area contributed by atoms with Crippen LogP contribution < -0.4 is 0 Å². The molecule has 0 spiro atoms. The van der Waals surface area contributed by atoms with E-state index in [4.69, 9.17) is 27.0 Å². The molecule has 4 rings (SSSR count). The molecule has 0 bridgehead atoms. The van der Waals surface area contributed by atoms with Crippen molar-refractivity contribution in [2.75, 3.05) is 0 Å². The number of hydrogen-bond donors (Lipinski definition) is 1. The SMILES string of the molecule is Cc1ccc2cc3c(nc2c1)-c1cc(C)c(COC(=O)O)c(=S)n1C3. The van der Waals surface area contributed by atoms with Crippen molar-refractivity contribution in [3.63, 3.8) is 0 Å². The van der Waals surface area contributed by atoms with Crippen molar-refractivity contribution in [3.8, 4) is 11.4 Å². The fourth-order valence-corrected chi connectivity index (χ4v) is 3.69. The van der Waals surface area contributed by atoms with Gasteiger partial charge in [0.1, 0.15) is 11.2 Å². The average molecular weight is 352 g/mol. The van der Waals surface area contributed by atoms with E-state index in [0.29, 0.717) is 11.2 Å². The molecule has 0 amide bonds. The molecule has 6 heteroatoms. The summed E-state index contributed by atoms with van der Waals surface area (Å²) < 4.78 is 7.34. The van der Waals surface area contributed by atoms with Gasteiger partial charge in [0.05, 0.1) is 23.4 Å². The van der Waals surface area contributed by atoms with Crippen LogP contribution in [0.5, 0.6) is 0 Å². The van der Waals surface area contributed by atoms with E-state index in [0.717, 1.165) is 39.0 Å². The number of carboxylic acid groups (broad SMARTS) is 1. The predicted molar refractivity (Wildman–Crippen MR) is 97.4 cm³/mol. The molecule has 0 fully saturated rings. The maximum absolute atomic E-state index is 10.7. The van der Waals surface area contributed by atoms with Crippen molar-refractivity contribution in [3.05, 3.63) is 57.2 Å². The van der Waals surface area contributed by atoms with Crippen molar-refractivity contribution in [1.29, 1.82) is 0 Å². The van der Waals surface area contributed by atoms with Gasteiger partial charge in [-0.1, -0.05) is 24.4 Å². The highest BCUT2D eigenvalue weighted by molar-refractivity contribution is 7.71. The Bertz CT molecular complexity index is 1100. The van der Waals surface area contributed by atoms with Crippen LogP contribution in [0.4, 0.5) is 4.79 Å². The summed E-state index contributed by atoms with van der Waals surface area (Å²) in [4.78, 5) is 15.5. The number of fused-ring (bicyclic) bond motifs is 4. The number of pyridine rings is 2. The summed E-state index contributed by atoms with van der Waals surface area (Å²) >= 11 is 5.60. The van der Waals surface area contributed by atoms with Crippen LogP contribution in [0.3, 0.4) is 0 Å². The molecule has 1 aliphatic heterocycles. The van der Waals surface area contributed by atoms with Crippen molar-refractivity contribution < 1.29 is 14.6 Å². The largest absolute Gasteiger partial charge is 0.506 e. The molecule has 3 heterocycles. The standard InChI is InChI=1S/C19H16N2O3S/c1-10-3-4-12-7-13-8-21-16(17(13)20-15(12)5-10)6-11(2)14(18(21)25)9-24-19(22)23/h3-7H,8-9H2,1-2H3,(H,22,23). The Labute approximate surface area is 149 Å². The molecule has 1 N–H and O–H groups in total. The molecule has 0 atom stereocenters. The predicted octanol–water partition coefficient (Wildman–Crippen LogP) is 4.61. The van der Waals surface area contributed by atoms with Gasteiger partial charge in [0.25, 0.3) is 0 Å². The first-order chi connectivity index (χ1) is 11.9. The number of aromatic nitrogens is 2. The fourth-order valence-electron chi connectivity index (χ4n) is 3.31. The molecule has 126 valence electrons. The van der Waals surface area contributed by atoms with E-state index < -0.39 is 6.16 Å². The van der Waals surface area contributed by atoms with Gasteiger partial charge in [-0.25, -0.2) is 9.78 Å². The van der Waals surface area contributed by atoms with Crippen LogP contribution in [-0.4, -0.2) is 20.8 Å². The van der Waals surface area contributed by atoms with Gasteiger partial charge in [-0.15, -0.1) is 0 Å². The molecule has 5 nitrogen and oxygen atoms in total. The van der Waals surface area contributed by atoms with Crippen molar-refractivity contribution in [2.24, 2.45) is 0 Å². The number of aryl methyl sites for hydroxylation is 2. The lowest BCUT2D eigenvalue weighted by molar-refractivity contribution is 0.0849. The average Bonchev–Trinajstić information content (AvgIpc) is 2.90. The normalized spacial score (nSPS) is 12.1. The Morgan fingerprint density at radius 3 is 2.88 bits per heavy atom. The van der Waals surface area contributed by atoms with Gasteiger partial charge in [0, 0.05) is 16.5 Å². The quantitative estimate of drug-likeness (QED) is 0.422. The number of carbonyl (C=O) groups is 1. The van der Waals surface area contributed by atoms with Gasteiger partial charge in [0.2, 0.25) is 0 Å². The summed E-state index contributed by atoms with van der Waals surface area (Å²) in [5.74, 6) is 0. The summed E-state index contributed by atoms with van der Waals surface area (Å²) in [6.07, 6.45) is -1.30. The highest BCUT2D eigenvalue weighted by atomic mass is 32.1. The van der Waals surface area contributed by atoms with Crippen LogP contribution in [0.15, 0.2) is 30.3 Å². The maximum atomic E-state index is 10.7. The number of nitrogens with zero attached hydrogens (tertiary/aromatic N) is 2. The molecule has 0 aliphatic carbocycles. The minimum absolute atomic E-state index is 0.0365. The smallest absolute Gasteiger partial charge is 0.450 e. The first-order valence-corrected chi connectivity index (χ1v) is 8.34. The first kappa shape index (κ1) is 15.8. The molecule has 2 aromatic heterocycles. The lowest BCUT2D eigenvalue weighted by Gasteiger charge is -2.12. The summed E-state index contributed by atoms with van der Waals surface area (Å²) in [7, 11) is 0. The lowest BCUT2D eigenvalue weighted by Crippen LogP contribution is -2.07. The van der Waals surface area contributed by atoms with Gasteiger partial charge in [-0.05, 0) is 43.2 Å². The molecule has 0 radical (unpaired) electrons. The van der Waals surface area contributed by atoms with Crippen LogP contribution in [0, 0.1) is 18.5 Å². The molecular weight excluding hydrogens is 336 g/mol. The third kappa shape index (κ3) is 2.59. The monoisotopic (exact) mass is 352 g/mol. The zero-order chi connectivity index (χ0) is 17.7. The molecular formula is C19H16N2O3S. The Balaban J connectivity index is 1.87. The van der Waals surface area contributed by atoms with Crippen molar-refractivity contribution >= 4 is 29.3 Å². The van der Waals surface area contributed by atoms with Crippen molar-refractivity contribution in [1.82, 2.24) is 9.55 Å². The van der Waals surface area contributed by atoms with Crippen LogP contribution >= 0.6 is 12.2 Å². The first-order valence-electron chi connectivity index (χ1n) is 7.94. The summed E-state index contributed by atoms with van der Waals surface area (Å²) in [5.41, 5.74) is 6.82. The highest BCUT2D eigenvalue weighted by Crippen LogP contribution is 2.34. The molecule has 0 saturated heterocycles. The van der Waals surface area contributed by atoms with Crippen LogP contribution in [-0.2, 0) is 17.9 Å².